The summed E-state index contributed by atoms with van der Waals surface area (Å²) < 4.78 is 5.10. The molecule has 0 fully saturated rings. The number of anilines is 1. The number of aromatic nitrogens is 1. The molecule has 0 aliphatic rings. The predicted octanol–water partition coefficient (Wildman–Crippen LogP) is 4.23. The molecule has 0 saturated heterocycles. The second kappa shape index (κ2) is 11.2. The number of amides is 2. The fourth-order valence-electron chi connectivity index (χ4n) is 3.93. The number of carbonyl (C=O) groups is 3. The smallest absolute Gasteiger partial charge is 0.328 e. The summed E-state index contributed by atoms with van der Waals surface area (Å²) in [5.41, 5.74) is 1.56. The van der Waals surface area contributed by atoms with Gasteiger partial charge in [0.2, 0.25) is 0 Å². The van der Waals surface area contributed by atoms with Crippen LogP contribution < -0.4 is 10.6 Å². The number of fused-ring (bicyclic) bond motifs is 1. The van der Waals surface area contributed by atoms with Gasteiger partial charge in [0.1, 0.15) is 11.7 Å². The van der Waals surface area contributed by atoms with Gasteiger partial charge in [-0.3, -0.25) is 19.7 Å². The number of hydrogen-bond donors (Lipinski definition) is 3. The topological polar surface area (TPSA) is 143 Å². The first kappa shape index (κ1) is 25.1. The van der Waals surface area contributed by atoms with Crippen LogP contribution in [0, 0.1) is 10.1 Å². The minimum absolute atomic E-state index is 0.0687. The molecule has 0 bridgehead atoms. The van der Waals surface area contributed by atoms with Crippen molar-refractivity contribution in [2.45, 2.75) is 19.4 Å². The number of para-hydroxylation sites is 3. The summed E-state index contributed by atoms with van der Waals surface area (Å²) in [6.07, 6.45) is -0.148. The summed E-state index contributed by atoms with van der Waals surface area (Å²) in [5.74, 6) is -1.82. The lowest BCUT2D eigenvalue weighted by molar-refractivity contribution is -0.385. The fraction of sp³-hybridized carbons (Fsp3) is 0.148. The number of nitro groups is 1. The van der Waals surface area contributed by atoms with E-state index in [0.717, 1.165) is 10.9 Å². The van der Waals surface area contributed by atoms with Crippen LogP contribution in [0.5, 0.6) is 0 Å². The van der Waals surface area contributed by atoms with Gasteiger partial charge in [0.05, 0.1) is 22.8 Å². The molecule has 0 saturated carbocycles. The summed E-state index contributed by atoms with van der Waals surface area (Å²) in [4.78, 5) is 52.7. The van der Waals surface area contributed by atoms with Crippen LogP contribution in [0.3, 0.4) is 0 Å². The number of nitro benzene ring substituents is 1. The Kier molecular flexibility index (Phi) is 7.58. The first-order valence-electron chi connectivity index (χ1n) is 11.5. The second-order valence-corrected chi connectivity index (χ2v) is 8.14. The number of aromatic amines is 1. The molecule has 188 valence electrons. The number of ether oxygens (including phenoxy) is 1. The molecule has 4 rings (SSSR count). The zero-order valence-electron chi connectivity index (χ0n) is 19.9. The fourth-order valence-corrected chi connectivity index (χ4v) is 3.93. The van der Waals surface area contributed by atoms with Crippen molar-refractivity contribution in [3.05, 3.63) is 106 Å². The van der Waals surface area contributed by atoms with Gasteiger partial charge in [-0.2, -0.15) is 0 Å². The lowest BCUT2D eigenvalue weighted by Gasteiger charge is -2.18. The Morgan fingerprint density at radius 2 is 1.68 bits per heavy atom. The van der Waals surface area contributed by atoms with Gasteiger partial charge in [0, 0.05) is 29.0 Å². The maximum absolute atomic E-state index is 13.2. The molecule has 37 heavy (non-hydrogen) atoms. The van der Waals surface area contributed by atoms with Crippen molar-refractivity contribution in [1.82, 2.24) is 10.3 Å². The second-order valence-electron chi connectivity index (χ2n) is 8.14. The molecule has 1 heterocycles. The first-order valence-corrected chi connectivity index (χ1v) is 11.5. The van der Waals surface area contributed by atoms with Crippen LogP contribution in [-0.4, -0.2) is 40.3 Å². The van der Waals surface area contributed by atoms with E-state index in [1.165, 1.54) is 24.3 Å². The average molecular weight is 501 g/mol. The van der Waals surface area contributed by atoms with Gasteiger partial charge in [-0.25, -0.2) is 4.79 Å². The summed E-state index contributed by atoms with van der Waals surface area (Å²) >= 11 is 0. The molecule has 1 aromatic heterocycles. The van der Waals surface area contributed by atoms with Gasteiger partial charge in [0.25, 0.3) is 17.5 Å². The van der Waals surface area contributed by atoms with E-state index in [9.17, 15) is 24.5 Å². The minimum atomic E-state index is -1.19. The Bertz CT molecular complexity index is 1450. The monoisotopic (exact) mass is 500 g/mol. The van der Waals surface area contributed by atoms with Crippen molar-refractivity contribution in [3.63, 3.8) is 0 Å². The van der Waals surface area contributed by atoms with E-state index in [1.54, 1.807) is 37.3 Å². The molecule has 3 N–H and O–H groups in total. The van der Waals surface area contributed by atoms with E-state index < -0.39 is 28.7 Å². The van der Waals surface area contributed by atoms with E-state index in [4.69, 9.17) is 4.74 Å². The number of esters is 1. The van der Waals surface area contributed by atoms with Crippen molar-refractivity contribution < 1.29 is 24.0 Å². The maximum Gasteiger partial charge on any atom is 0.328 e. The zero-order valence-corrected chi connectivity index (χ0v) is 19.9. The average Bonchev–Trinajstić information content (AvgIpc) is 3.33. The molecule has 0 radical (unpaired) electrons. The summed E-state index contributed by atoms with van der Waals surface area (Å²) in [7, 11) is 0. The maximum atomic E-state index is 13.2. The number of nitrogens with one attached hydrogen (secondary N) is 3. The van der Waals surface area contributed by atoms with Gasteiger partial charge >= 0.3 is 5.97 Å². The molecule has 0 aliphatic carbocycles. The molecule has 4 aromatic rings. The Balaban J connectivity index is 1.56. The third-order valence-electron chi connectivity index (χ3n) is 5.68. The van der Waals surface area contributed by atoms with Crippen molar-refractivity contribution >= 4 is 40.1 Å². The van der Waals surface area contributed by atoms with Crippen molar-refractivity contribution in [2.75, 3.05) is 11.9 Å². The molecule has 10 nitrogen and oxygen atoms in total. The number of H-pyrrole nitrogens is 1. The summed E-state index contributed by atoms with van der Waals surface area (Å²) in [6.45, 7) is 1.69. The molecule has 1 atom stereocenters. The van der Waals surface area contributed by atoms with Gasteiger partial charge in [-0.15, -0.1) is 0 Å². The van der Waals surface area contributed by atoms with Crippen molar-refractivity contribution in [1.29, 1.82) is 0 Å². The SMILES string of the molecule is CCOC(=O)C(Cc1ccccc1[N+](=O)[O-])NC(=O)c1ccccc1NC(=O)c1cc2ccccc2[nH]1. The predicted molar refractivity (Wildman–Crippen MR) is 137 cm³/mol. The summed E-state index contributed by atoms with van der Waals surface area (Å²) in [6, 6.07) is 20.3. The van der Waals surface area contributed by atoms with Crippen LogP contribution in [-0.2, 0) is 16.0 Å². The third kappa shape index (κ3) is 5.81. The minimum Gasteiger partial charge on any atom is -0.464 e. The molecule has 2 amide bonds. The number of rotatable bonds is 9. The number of nitrogens with zero attached hydrogens (tertiary/aromatic N) is 1. The highest BCUT2D eigenvalue weighted by molar-refractivity contribution is 6.10. The van der Waals surface area contributed by atoms with E-state index in [-0.39, 0.29) is 35.5 Å². The lowest BCUT2D eigenvalue weighted by atomic mass is 10.0. The molecule has 3 aromatic carbocycles. The highest BCUT2D eigenvalue weighted by Crippen LogP contribution is 2.22. The first-order chi connectivity index (χ1) is 17.9. The van der Waals surface area contributed by atoms with E-state index in [0.29, 0.717) is 5.69 Å². The quantitative estimate of drug-likeness (QED) is 0.178. The molecule has 10 heteroatoms. The highest BCUT2D eigenvalue weighted by Gasteiger charge is 2.27. The molecular weight excluding hydrogens is 476 g/mol. The standard InChI is InChI=1S/C27H24N4O6/c1-2-37-27(34)23(16-18-10-4-8-14-24(18)31(35)36)30-25(32)19-11-5-7-13-21(19)29-26(33)22-15-17-9-3-6-12-20(17)28-22/h3-15,23,28H,2,16H2,1H3,(H,29,33)(H,30,32). The zero-order chi connectivity index (χ0) is 26.4. The van der Waals surface area contributed by atoms with Crippen LogP contribution in [0.4, 0.5) is 11.4 Å². The lowest BCUT2D eigenvalue weighted by Crippen LogP contribution is -2.43. The number of benzene rings is 3. The Hall–Kier alpha value is -4.99. The number of carbonyl (C=O) groups excluding carboxylic acids is 3. The van der Waals surface area contributed by atoms with Crippen LogP contribution in [0.1, 0.15) is 33.3 Å². The largest absolute Gasteiger partial charge is 0.464 e. The van der Waals surface area contributed by atoms with Crippen LogP contribution >= 0.6 is 0 Å². The van der Waals surface area contributed by atoms with E-state index >= 15 is 0 Å². The molecule has 0 aliphatic heterocycles. The summed E-state index contributed by atoms with van der Waals surface area (Å²) in [5, 5.41) is 17.6. The molecular formula is C27H24N4O6. The van der Waals surface area contributed by atoms with Crippen LogP contribution in [0.25, 0.3) is 10.9 Å². The van der Waals surface area contributed by atoms with E-state index in [2.05, 4.69) is 15.6 Å². The van der Waals surface area contributed by atoms with Crippen molar-refractivity contribution in [2.24, 2.45) is 0 Å². The van der Waals surface area contributed by atoms with Crippen LogP contribution in [0.15, 0.2) is 78.9 Å². The third-order valence-corrected chi connectivity index (χ3v) is 5.68. The van der Waals surface area contributed by atoms with Gasteiger partial charge in [-0.05, 0) is 31.2 Å². The molecule has 1 unspecified atom stereocenters. The van der Waals surface area contributed by atoms with E-state index in [1.807, 2.05) is 24.3 Å². The number of hydrogen-bond acceptors (Lipinski definition) is 6. The Morgan fingerprint density at radius 1 is 0.973 bits per heavy atom. The highest BCUT2D eigenvalue weighted by atomic mass is 16.6. The normalized spacial score (nSPS) is 11.5. The van der Waals surface area contributed by atoms with Crippen LogP contribution in [0.2, 0.25) is 0 Å². The van der Waals surface area contributed by atoms with Gasteiger partial charge < -0.3 is 20.4 Å². The van der Waals surface area contributed by atoms with Gasteiger partial charge in [-0.1, -0.05) is 48.5 Å². The van der Waals surface area contributed by atoms with Crippen molar-refractivity contribution in [3.8, 4) is 0 Å². The Morgan fingerprint density at radius 3 is 2.43 bits per heavy atom. The van der Waals surface area contributed by atoms with Gasteiger partial charge in [0.15, 0.2) is 0 Å². The Labute approximate surface area is 211 Å². The molecule has 0 spiro atoms.